The van der Waals surface area contributed by atoms with Crippen molar-refractivity contribution in [2.24, 2.45) is 5.92 Å². The molecule has 3 aromatic rings. The first-order valence-electron chi connectivity index (χ1n) is 10.1. The molecule has 1 aliphatic carbocycles. The maximum Gasteiger partial charge on any atom is 0.264 e. The quantitative estimate of drug-likeness (QED) is 0.478. The zero-order valence-corrected chi connectivity index (χ0v) is 18.2. The summed E-state index contributed by atoms with van der Waals surface area (Å²) in [6, 6.07) is 14.3. The normalized spacial score (nSPS) is 12.7. The molecule has 0 radical (unpaired) electrons. The zero-order valence-electron chi connectivity index (χ0n) is 17.4. The Labute approximate surface area is 189 Å². The Hall–Kier alpha value is -3.72. The molecule has 0 unspecified atom stereocenters. The van der Waals surface area contributed by atoms with E-state index in [-0.39, 0.29) is 30.2 Å². The van der Waals surface area contributed by atoms with E-state index in [1.54, 1.807) is 36.4 Å². The van der Waals surface area contributed by atoms with Crippen LogP contribution in [0.2, 0.25) is 0 Å². The van der Waals surface area contributed by atoms with Gasteiger partial charge in [0.15, 0.2) is 11.7 Å². The van der Waals surface area contributed by atoms with E-state index in [4.69, 9.17) is 4.74 Å². The van der Waals surface area contributed by atoms with Gasteiger partial charge < -0.3 is 15.4 Å². The minimum absolute atomic E-state index is 0.0178. The maximum atomic E-state index is 12.3. The van der Waals surface area contributed by atoms with Crippen LogP contribution in [0.15, 0.2) is 53.9 Å². The molecule has 2 aromatic carbocycles. The molecule has 1 saturated carbocycles. The number of nitrogens with one attached hydrogen (secondary N) is 3. The zero-order chi connectivity index (χ0) is 22.5. The average Bonchev–Trinajstić information content (AvgIpc) is 3.52. The number of amides is 3. The molecule has 1 fully saturated rings. The Balaban J connectivity index is 1.29. The number of carbonyl (C=O) groups is 3. The van der Waals surface area contributed by atoms with Gasteiger partial charge in [-0.1, -0.05) is 18.2 Å². The van der Waals surface area contributed by atoms with Crippen molar-refractivity contribution in [2.75, 3.05) is 22.6 Å². The van der Waals surface area contributed by atoms with Crippen molar-refractivity contribution in [3.8, 4) is 17.0 Å². The van der Waals surface area contributed by atoms with Crippen LogP contribution in [0.3, 0.4) is 0 Å². The smallest absolute Gasteiger partial charge is 0.264 e. The van der Waals surface area contributed by atoms with E-state index < -0.39 is 0 Å². The number of aromatic nitrogens is 1. The molecule has 1 aromatic heterocycles. The van der Waals surface area contributed by atoms with Crippen LogP contribution in [-0.4, -0.2) is 29.3 Å². The third-order valence-electron chi connectivity index (χ3n) is 4.67. The van der Waals surface area contributed by atoms with Crippen LogP contribution in [0.25, 0.3) is 11.3 Å². The predicted molar refractivity (Wildman–Crippen MR) is 124 cm³/mol. The number of thiazole rings is 1. The third-order valence-corrected chi connectivity index (χ3v) is 5.43. The largest absolute Gasteiger partial charge is 0.484 e. The highest BCUT2D eigenvalue weighted by Crippen LogP contribution is 2.30. The van der Waals surface area contributed by atoms with Gasteiger partial charge in [0.05, 0.1) is 5.69 Å². The lowest BCUT2D eigenvalue weighted by molar-refractivity contribution is -0.118. The van der Waals surface area contributed by atoms with Crippen molar-refractivity contribution in [1.82, 2.24) is 4.98 Å². The van der Waals surface area contributed by atoms with Crippen LogP contribution in [0.1, 0.15) is 19.8 Å². The number of anilines is 3. The molecule has 32 heavy (non-hydrogen) atoms. The number of ether oxygens (including phenoxy) is 1. The molecule has 1 heterocycles. The van der Waals surface area contributed by atoms with Crippen LogP contribution in [0, 0.1) is 5.92 Å². The summed E-state index contributed by atoms with van der Waals surface area (Å²) in [6.45, 7) is 1.27. The Morgan fingerprint density at radius 1 is 1.03 bits per heavy atom. The summed E-state index contributed by atoms with van der Waals surface area (Å²) in [5, 5.41) is 10.6. The minimum atomic E-state index is -0.334. The van der Waals surface area contributed by atoms with Crippen molar-refractivity contribution in [2.45, 2.75) is 19.8 Å². The van der Waals surface area contributed by atoms with Gasteiger partial charge in [0.25, 0.3) is 5.91 Å². The molecule has 3 N–H and O–H groups in total. The molecule has 1 aliphatic rings. The maximum absolute atomic E-state index is 12.3. The van der Waals surface area contributed by atoms with Crippen LogP contribution in [0.4, 0.5) is 16.5 Å². The standard InChI is InChI=1S/C23H22N4O4S/c1-14(28)24-17-9-7-15(8-10-17)20-13-32-23(26-20)27-21(29)12-31-19-4-2-3-18(11-19)25-22(30)16-5-6-16/h2-4,7-11,13,16H,5-6,12H2,1H3,(H,24,28)(H,25,30)(H,26,27,29). The predicted octanol–water partition coefficient (Wildman–Crippen LogP) is 4.13. The Kier molecular flexibility index (Phi) is 6.46. The second kappa shape index (κ2) is 9.61. The first-order chi connectivity index (χ1) is 15.5. The minimum Gasteiger partial charge on any atom is -0.484 e. The molecule has 3 amide bonds. The Morgan fingerprint density at radius 3 is 2.53 bits per heavy atom. The molecule has 8 nitrogen and oxygen atoms in total. The average molecular weight is 451 g/mol. The van der Waals surface area contributed by atoms with Crippen LogP contribution >= 0.6 is 11.3 Å². The Bertz CT molecular complexity index is 1140. The highest BCUT2D eigenvalue weighted by atomic mass is 32.1. The van der Waals surface area contributed by atoms with Gasteiger partial charge in [-0.2, -0.15) is 0 Å². The fourth-order valence-electron chi connectivity index (χ4n) is 2.95. The summed E-state index contributed by atoms with van der Waals surface area (Å²) in [4.78, 5) is 39.7. The van der Waals surface area contributed by atoms with Crippen molar-refractivity contribution in [1.29, 1.82) is 0 Å². The highest BCUT2D eigenvalue weighted by molar-refractivity contribution is 7.14. The van der Waals surface area contributed by atoms with Crippen LogP contribution in [0.5, 0.6) is 5.75 Å². The lowest BCUT2D eigenvalue weighted by Gasteiger charge is -2.09. The molecule has 0 saturated heterocycles. The van der Waals surface area contributed by atoms with Crippen molar-refractivity contribution >= 4 is 45.6 Å². The third kappa shape index (κ3) is 5.92. The monoisotopic (exact) mass is 450 g/mol. The van der Waals surface area contributed by atoms with Crippen molar-refractivity contribution in [3.05, 3.63) is 53.9 Å². The second-order valence-electron chi connectivity index (χ2n) is 7.42. The first kappa shape index (κ1) is 21.5. The molecule has 9 heteroatoms. The summed E-state index contributed by atoms with van der Waals surface area (Å²) >= 11 is 1.31. The first-order valence-corrected chi connectivity index (χ1v) is 11.0. The second-order valence-corrected chi connectivity index (χ2v) is 8.28. The van der Waals surface area contributed by atoms with E-state index >= 15 is 0 Å². The number of hydrogen-bond donors (Lipinski definition) is 3. The molecule has 0 spiro atoms. The fourth-order valence-corrected chi connectivity index (χ4v) is 3.68. The number of nitrogens with zero attached hydrogens (tertiary/aromatic N) is 1. The SMILES string of the molecule is CC(=O)Nc1ccc(-c2csc(NC(=O)COc3cccc(NC(=O)C4CC4)c3)n2)cc1. The van der Waals surface area contributed by atoms with Crippen molar-refractivity contribution in [3.63, 3.8) is 0 Å². The van der Waals surface area contributed by atoms with Gasteiger partial charge in [0.1, 0.15) is 5.75 Å². The van der Waals surface area contributed by atoms with Gasteiger partial charge in [-0.15, -0.1) is 11.3 Å². The topological polar surface area (TPSA) is 109 Å². The summed E-state index contributed by atoms with van der Waals surface area (Å²) in [5.41, 5.74) is 2.95. The van der Waals surface area contributed by atoms with E-state index in [1.807, 2.05) is 17.5 Å². The lowest BCUT2D eigenvalue weighted by atomic mass is 10.1. The van der Waals surface area contributed by atoms with E-state index in [1.165, 1.54) is 18.3 Å². The van der Waals surface area contributed by atoms with Crippen LogP contribution in [-0.2, 0) is 14.4 Å². The molecule has 0 aliphatic heterocycles. The van der Waals surface area contributed by atoms with Crippen molar-refractivity contribution < 1.29 is 19.1 Å². The number of benzene rings is 2. The Morgan fingerprint density at radius 2 is 1.81 bits per heavy atom. The van der Waals surface area contributed by atoms with Gasteiger partial charge in [-0.3, -0.25) is 19.7 Å². The summed E-state index contributed by atoms with van der Waals surface area (Å²) in [6.07, 6.45) is 1.87. The summed E-state index contributed by atoms with van der Waals surface area (Å²) in [7, 11) is 0. The van der Waals surface area contributed by atoms with E-state index in [0.717, 1.165) is 24.1 Å². The highest BCUT2D eigenvalue weighted by Gasteiger charge is 2.29. The van der Waals surface area contributed by atoms with Gasteiger partial charge in [0.2, 0.25) is 11.8 Å². The van der Waals surface area contributed by atoms with Gasteiger partial charge in [-0.05, 0) is 37.1 Å². The van der Waals surface area contributed by atoms with Gasteiger partial charge >= 0.3 is 0 Å². The summed E-state index contributed by atoms with van der Waals surface area (Å²) in [5.74, 6) is 0.161. The van der Waals surface area contributed by atoms with Gasteiger partial charge in [-0.25, -0.2) is 4.98 Å². The number of hydrogen-bond acceptors (Lipinski definition) is 6. The van der Waals surface area contributed by atoms with E-state index in [9.17, 15) is 14.4 Å². The van der Waals surface area contributed by atoms with E-state index in [2.05, 4.69) is 20.9 Å². The molecule has 164 valence electrons. The van der Waals surface area contributed by atoms with E-state index in [0.29, 0.717) is 22.3 Å². The number of carbonyl (C=O) groups excluding carboxylic acids is 3. The molecule has 0 bridgehead atoms. The molecule has 4 rings (SSSR count). The number of rotatable bonds is 8. The lowest BCUT2D eigenvalue weighted by Crippen LogP contribution is -2.20. The molecular weight excluding hydrogens is 428 g/mol. The van der Waals surface area contributed by atoms with Crippen LogP contribution < -0.4 is 20.7 Å². The fraction of sp³-hybridized carbons (Fsp3) is 0.217. The summed E-state index contributed by atoms with van der Waals surface area (Å²) < 4.78 is 5.55. The van der Waals surface area contributed by atoms with Gasteiger partial charge in [0, 0.05) is 41.2 Å². The molecule has 0 atom stereocenters. The molecular formula is C23H22N4O4S.